The molecule has 444 valence electrons. The van der Waals surface area contributed by atoms with E-state index >= 15 is 0 Å². The van der Waals surface area contributed by atoms with Crippen molar-refractivity contribution in [2.75, 3.05) is 0 Å². The molecule has 0 unspecified atom stereocenters. The van der Waals surface area contributed by atoms with Gasteiger partial charge in [-0.15, -0.1) is 0 Å². The van der Waals surface area contributed by atoms with E-state index in [0.717, 1.165) is 25.7 Å². The van der Waals surface area contributed by atoms with Crippen molar-refractivity contribution in [3.05, 3.63) is 0 Å². The van der Waals surface area contributed by atoms with Gasteiger partial charge >= 0.3 is 11.9 Å². The highest BCUT2D eigenvalue weighted by molar-refractivity contribution is 5.66. The number of hydrogen-bond donors (Lipinski definition) is 2. The number of hydrogen-bond acceptors (Lipinski definition) is 2. The number of carboxylic acids is 2. The number of rotatable bonds is 66. The van der Waals surface area contributed by atoms with Crippen molar-refractivity contribution in [1.29, 1.82) is 0 Å². The summed E-state index contributed by atoms with van der Waals surface area (Å²) in [5.41, 5.74) is 0. The first kappa shape index (κ1) is 75.0. The zero-order valence-electron chi connectivity index (χ0n) is 51.4. The SMILES string of the molecule is CCCCCCCCCCCCCCCCCCCCCCCCCCCCCCCCCCC(=O)O.CCCCCCCCCCCCCCCCCCCCCCCCCCCCCCCCCCC(=O)O. The van der Waals surface area contributed by atoms with Gasteiger partial charge in [-0.05, 0) is 12.8 Å². The van der Waals surface area contributed by atoms with Gasteiger partial charge in [0, 0.05) is 12.8 Å². The summed E-state index contributed by atoms with van der Waals surface area (Å²) in [7, 11) is 0. The lowest BCUT2D eigenvalue weighted by Gasteiger charge is -2.04. The second-order valence-electron chi connectivity index (χ2n) is 24.2. The second-order valence-corrected chi connectivity index (χ2v) is 24.2. The molecule has 0 atom stereocenters. The van der Waals surface area contributed by atoms with Gasteiger partial charge < -0.3 is 10.2 Å². The van der Waals surface area contributed by atoms with Crippen LogP contribution >= 0.6 is 0 Å². The Labute approximate surface area is 467 Å². The molecule has 0 amide bonds. The van der Waals surface area contributed by atoms with Crippen LogP contribution in [0.4, 0.5) is 0 Å². The topological polar surface area (TPSA) is 74.6 Å². The number of unbranched alkanes of at least 4 members (excludes halogenated alkanes) is 62. The zero-order chi connectivity index (χ0) is 53.8. The van der Waals surface area contributed by atoms with Gasteiger partial charge in [-0.3, -0.25) is 9.59 Å². The highest BCUT2D eigenvalue weighted by Gasteiger charge is 2.01. The van der Waals surface area contributed by atoms with Crippen LogP contribution in [0.5, 0.6) is 0 Å². The van der Waals surface area contributed by atoms with Crippen molar-refractivity contribution in [2.45, 2.75) is 438 Å². The summed E-state index contributed by atoms with van der Waals surface area (Å²) in [6.07, 6.45) is 90.8. The van der Waals surface area contributed by atoms with Gasteiger partial charge in [0.25, 0.3) is 0 Å². The minimum atomic E-state index is -0.648. The summed E-state index contributed by atoms with van der Waals surface area (Å²) >= 11 is 0. The van der Waals surface area contributed by atoms with Crippen molar-refractivity contribution < 1.29 is 19.8 Å². The van der Waals surface area contributed by atoms with Crippen LogP contribution in [0.15, 0.2) is 0 Å². The summed E-state index contributed by atoms with van der Waals surface area (Å²) in [5.74, 6) is -1.30. The molecule has 0 heterocycles. The maximum absolute atomic E-state index is 10.5. The lowest BCUT2D eigenvalue weighted by Crippen LogP contribution is -1.93. The quantitative estimate of drug-likeness (QED) is 0.0595. The lowest BCUT2D eigenvalue weighted by atomic mass is 10.0. The van der Waals surface area contributed by atoms with E-state index in [4.69, 9.17) is 10.2 Å². The molecule has 0 aromatic rings. The van der Waals surface area contributed by atoms with Crippen LogP contribution in [0.1, 0.15) is 438 Å². The van der Waals surface area contributed by atoms with Gasteiger partial charge in [-0.25, -0.2) is 0 Å². The molecule has 0 saturated carbocycles. The largest absolute Gasteiger partial charge is 0.481 e. The molecule has 0 fully saturated rings. The Morgan fingerprint density at radius 1 is 0.162 bits per heavy atom. The Bertz CT molecular complexity index is 917. The fourth-order valence-corrected chi connectivity index (χ4v) is 11.3. The maximum atomic E-state index is 10.5. The average Bonchev–Trinajstić information content (AvgIpc) is 3.39. The van der Waals surface area contributed by atoms with E-state index in [1.165, 1.54) is 385 Å². The second kappa shape index (κ2) is 71.9. The van der Waals surface area contributed by atoms with E-state index in [2.05, 4.69) is 13.8 Å². The van der Waals surface area contributed by atoms with Gasteiger partial charge in [0.15, 0.2) is 0 Å². The van der Waals surface area contributed by atoms with E-state index in [1.807, 2.05) is 0 Å². The van der Waals surface area contributed by atoms with Crippen molar-refractivity contribution >= 4 is 11.9 Å². The Kier molecular flexibility index (Phi) is 72.9. The summed E-state index contributed by atoms with van der Waals surface area (Å²) in [4.78, 5) is 20.9. The molecule has 4 nitrogen and oxygen atoms in total. The smallest absolute Gasteiger partial charge is 0.303 e. The third-order valence-corrected chi connectivity index (χ3v) is 16.5. The normalized spacial score (nSPS) is 11.4. The van der Waals surface area contributed by atoms with Crippen LogP contribution in [-0.2, 0) is 9.59 Å². The van der Waals surface area contributed by atoms with Crippen LogP contribution in [-0.4, -0.2) is 22.2 Å². The molecular formula is C70H140O4. The van der Waals surface area contributed by atoms with Crippen molar-refractivity contribution in [2.24, 2.45) is 0 Å². The monoisotopic (exact) mass is 1050 g/mol. The first-order valence-corrected chi connectivity index (χ1v) is 35.0. The van der Waals surface area contributed by atoms with E-state index in [-0.39, 0.29) is 0 Å². The average molecular weight is 1050 g/mol. The third kappa shape index (κ3) is 77.4. The predicted molar refractivity (Wildman–Crippen MR) is 331 cm³/mol. The van der Waals surface area contributed by atoms with Crippen LogP contribution in [0.3, 0.4) is 0 Å². The Morgan fingerprint density at radius 2 is 0.243 bits per heavy atom. The van der Waals surface area contributed by atoms with E-state index in [1.54, 1.807) is 0 Å². The Hall–Kier alpha value is -1.06. The zero-order valence-corrected chi connectivity index (χ0v) is 51.4. The van der Waals surface area contributed by atoms with Gasteiger partial charge in [-0.2, -0.15) is 0 Å². The fraction of sp³-hybridized carbons (Fsp3) is 0.971. The lowest BCUT2D eigenvalue weighted by molar-refractivity contribution is -0.138. The van der Waals surface area contributed by atoms with Crippen LogP contribution in [0.2, 0.25) is 0 Å². The molecule has 74 heavy (non-hydrogen) atoms. The fourth-order valence-electron chi connectivity index (χ4n) is 11.3. The van der Waals surface area contributed by atoms with E-state index in [0.29, 0.717) is 12.8 Å². The summed E-state index contributed by atoms with van der Waals surface area (Å²) < 4.78 is 0. The summed E-state index contributed by atoms with van der Waals surface area (Å²) in [6.45, 7) is 4.60. The molecule has 0 aliphatic rings. The Balaban J connectivity index is 0. The standard InChI is InChI=1S/2C35H70O2/c2*1-2-3-4-5-6-7-8-9-10-11-12-13-14-15-16-17-18-19-20-21-22-23-24-25-26-27-28-29-30-31-32-33-34-35(36)37/h2*2-34H2,1H3,(H,36,37). The predicted octanol–water partition coefficient (Wildman–Crippen LogP) is 25.9. The van der Waals surface area contributed by atoms with Crippen molar-refractivity contribution in [3.8, 4) is 0 Å². The number of carboxylic acid groups (broad SMARTS) is 2. The molecular weight excluding hydrogens is 905 g/mol. The van der Waals surface area contributed by atoms with Crippen molar-refractivity contribution in [1.82, 2.24) is 0 Å². The summed E-state index contributed by atoms with van der Waals surface area (Å²) in [5, 5.41) is 17.3. The first-order valence-electron chi connectivity index (χ1n) is 35.0. The molecule has 0 radical (unpaired) electrons. The number of aliphatic carboxylic acids is 2. The minimum Gasteiger partial charge on any atom is -0.481 e. The minimum absolute atomic E-state index is 0.347. The highest BCUT2D eigenvalue weighted by atomic mass is 16.4. The maximum Gasteiger partial charge on any atom is 0.303 e. The first-order chi connectivity index (χ1) is 36.5. The molecule has 0 bridgehead atoms. The summed E-state index contributed by atoms with van der Waals surface area (Å²) in [6, 6.07) is 0. The van der Waals surface area contributed by atoms with Crippen LogP contribution < -0.4 is 0 Å². The highest BCUT2D eigenvalue weighted by Crippen LogP contribution is 2.20. The molecule has 0 saturated heterocycles. The van der Waals surface area contributed by atoms with Gasteiger partial charge in [0.1, 0.15) is 0 Å². The van der Waals surface area contributed by atoms with Gasteiger partial charge in [0.05, 0.1) is 0 Å². The molecule has 0 spiro atoms. The molecule has 0 aliphatic heterocycles. The molecule has 0 aromatic heterocycles. The molecule has 2 N–H and O–H groups in total. The molecule has 4 heteroatoms. The molecule has 0 aromatic carbocycles. The molecule has 0 aliphatic carbocycles. The van der Waals surface area contributed by atoms with Gasteiger partial charge in [0.2, 0.25) is 0 Å². The third-order valence-electron chi connectivity index (χ3n) is 16.5. The number of carbonyl (C=O) groups is 2. The van der Waals surface area contributed by atoms with Gasteiger partial charge in [-0.1, -0.05) is 412 Å². The van der Waals surface area contributed by atoms with Crippen LogP contribution in [0.25, 0.3) is 0 Å². The van der Waals surface area contributed by atoms with Crippen LogP contribution in [0, 0.1) is 0 Å². The Morgan fingerprint density at radius 3 is 0.324 bits per heavy atom. The molecule has 0 rings (SSSR count). The van der Waals surface area contributed by atoms with Crippen molar-refractivity contribution in [3.63, 3.8) is 0 Å². The van der Waals surface area contributed by atoms with E-state index in [9.17, 15) is 9.59 Å². The van der Waals surface area contributed by atoms with E-state index < -0.39 is 11.9 Å².